The van der Waals surface area contributed by atoms with E-state index in [9.17, 15) is 0 Å². The van der Waals surface area contributed by atoms with Crippen molar-refractivity contribution in [3.63, 3.8) is 0 Å². The second-order valence-electron chi connectivity index (χ2n) is 4.98. The van der Waals surface area contributed by atoms with Crippen LogP contribution in [-0.4, -0.2) is 6.04 Å². The molecule has 0 aliphatic carbocycles. The van der Waals surface area contributed by atoms with Crippen LogP contribution in [0.5, 0.6) is 0 Å². The highest BCUT2D eigenvalue weighted by Gasteiger charge is 2.10. The summed E-state index contributed by atoms with van der Waals surface area (Å²) >= 11 is 18.4. The lowest BCUT2D eigenvalue weighted by atomic mass is 10.0. The zero-order valence-electron chi connectivity index (χ0n) is 11.4. The molecule has 1 nitrogen and oxygen atoms in total. The van der Waals surface area contributed by atoms with E-state index in [1.807, 2.05) is 12.1 Å². The Balaban J connectivity index is 2.26. The number of hydrogen-bond acceptors (Lipinski definition) is 1. The van der Waals surface area contributed by atoms with Gasteiger partial charge in [-0.05, 0) is 23.3 Å². The van der Waals surface area contributed by atoms with Gasteiger partial charge in [-0.1, -0.05) is 72.9 Å². The molecule has 0 amide bonds. The van der Waals surface area contributed by atoms with E-state index in [2.05, 4.69) is 31.3 Å². The van der Waals surface area contributed by atoms with Crippen LogP contribution >= 0.6 is 34.8 Å². The fourth-order valence-electron chi connectivity index (χ4n) is 1.93. The van der Waals surface area contributed by atoms with Gasteiger partial charge < -0.3 is 5.32 Å². The van der Waals surface area contributed by atoms with E-state index in [0.717, 1.165) is 17.7 Å². The van der Waals surface area contributed by atoms with Gasteiger partial charge in [0.2, 0.25) is 0 Å². The molecule has 0 radical (unpaired) electrons. The molecule has 0 saturated carbocycles. The smallest absolute Gasteiger partial charge is 0.0514 e. The Kier molecular flexibility index (Phi) is 5.34. The summed E-state index contributed by atoms with van der Waals surface area (Å²) < 4.78 is 0. The summed E-state index contributed by atoms with van der Waals surface area (Å²) in [5, 5.41) is 5.06. The summed E-state index contributed by atoms with van der Waals surface area (Å²) in [5.74, 6) is 0. The maximum absolute atomic E-state index is 6.23. The predicted octanol–water partition coefficient (Wildman–Crippen LogP) is 5.81. The van der Waals surface area contributed by atoms with Gasteiger partial charge in [-0.15, -0.1) is 0 Å². The number of nitrogens with one attached hydrogen (secondary N) is 1. The summed E-state index contributed by atoms with van der Waals surface area (Å²) in [4.78, 5) is 0. The van der Waals surface area contributed by atoms with Crippen LogP contribution in [-0.2, 0) is 6.54 Å². The zero-order chi connectivity index (χ0) is 14.7. The van der Waals surface area contributed by atoms with E-state index >= 15 is 0 Å². The predicted molar refractivity (Wildman–Crippen MR) is 88.9 cm³/mol. The summed E-state index contributed by atoms with van der Waals surface area (Å²) in [5.41, 5.74) is 3.04. The Morgan fingerprint density at radius 2 is 1.50 bits per heavy atom. The van der Waals surface area contributed by atoms with Crippen molar-refractivity contribution in [3.05, 3.63) is 57.0 Å². The second-order valence-corrected chi connectivity index (χ2v) is 6.23. The van der Waals surface area contributed by atoms with E-state index in [0.29, 0.717) is 21.1 Å². The minimum Gasteiger partial charge on any atom is -0.310 e. The Hall–Kier alpha value is -0.730. The van der Waals surface area contributed by atoms with Gasteiger partial charge >= 0.3 is 0 Å². The molecule has 4 heteroatoms. The zero-order valence-corrected chi connectivity index (χ0v) is 13.7. The second kappa shape index (κ2) is 6.82. The van der Waals surface area contributed by atoms with E-state index in [-0.39, 0.29) is 0 Å². The Bertz CT molecular complexity index is 568. The fraction of sp³-hybridized carbons (Fsp3) is 0.250. The summed E-state index contributed by atoms with van der Waals surface area (Å²) in [6.07, 6.45) is 0. The summed E-state index contributed by atoms with van der Waals surface area (Å²) in [6, 6.07) is 12.1. The number of rotatable bonds is 4. The molecule has 0 aromatic heterocycles. The molecule has 20 heavy (non-hydrogen) atoms. The Morgan fingerprint density at radius 1 is 0.950 bits per heavy atom. The third-order valence-electron chi connectivity index (χ3n) is 2.96. The highest BCUT2D eigenvalue weighted by molar-refractivity contribution is 6.41. The molecule has 1 N–H and O–H groups in total. The SMILES string of the molecule is CC(C)NCc1ccc(-c2c(Cl)cc(Cl)cc2Cl)cc1. The molecule has 0 aliphatic rings. The molecule has 0 spiro atoms. The van der Waals surface area contributed by atoms with Crippen molar-refractivity contribution < 1.29 is 0 Å². The lowest BCUT2D eigenvalue weighted by Gasteiger charge is -2.11. The van der Waals surface area contributed by atoms with Crippen LogP contribution in [0.25, 0.3) is 11.1 Å². The first-order valence-electron chi connectivity index (χ1n) is 6.44. The van der Waals surface area contributed by atoms with E-state index < -0.39 is 0 Å². The van der Waals surface area contributed by atoms with Gasteiger partial charge in [0.15, 0.2) is 0 Å². The van der Waals surface area contributed by atoms with Gasteiger partial charge in [0.25, 0.3) is 0 Å². The maximum Gasteiger partial charge on any atom is 0.0514 e. The van der Waals surface area contributed by atoms with Gasteiger partial charge in [-0.2, -0.15) is 0 Å². The van der Waals surface area contributed by atoms with Gasteiger partial charge in [0.1, 0.15) is 0 Å². The molecule has 0 fully saturated rings. The molecular formula is C16H16Cl3N. The van der Waals surface area contributed by atoms with Crippen molar-refractivity contribution in [1.29, 1.82) is 0 Å². The van der Waals surface area contributed by atoms with Crippen molar-refractivity contribution in [2.45, 2.75) is 26.4 Å². The highest BCUT2D eigenvalue weighted by Crippen LogP contribution is 2.37. The van der Waals surface area contributed by atoms with E-state index in [4.69, 9.17) is 34.8 Å². The van der Waals surface area contributed by atoms with Crippen molar-refractivity contribution in [2.75, 3.05) is 0 Å². The van der Waals surface area contributed by atoms with Gasteiger partial charge in [-0.25, -0.2) is 0 Å². The quantitative estimate of drug-likeness (QED) is 0.746. The Labute approximate surface area is 134 Å². The van der Waals surface area contributed by atoms with Crippen LogP contribution in [0.2, 0.25) is 15.1 Å². The molecule has 0 saturated heterocycles. The average molecular weight is 329 g/mol. The third kappa shape index (κ3) is 3.89. The lowest BCUT2D eigenvalue weighted by Crippen LogP contribution is -2.21. The molecule has 2 rings (SSSR count). The first-order valence-corrected chi connectivity index (χ1v) is 7.58. The van der Waals surface area contributed by atoms with Gasteiger partial charge in [0, 0.05) is 23.2 Å². The Morgan fingerprint density at radius 3 is 2.00 bits per heavy atom. The largest absolute Gasteiger partial charge is 0.310 e. The van der Waals surface area contributed by atoms with Gasteiger partial charge in [-0.3, -0.25) is 0 Å². The summed E-state index contributed by atoms with van der Waals surface area (Å²) in [6.45, 7) is 5.10. The first-order chi connectivity index (χ1) is 9.47. The van der Waals surface area contributed by atoms with Crippen molar-refractivity contribution in [3.8, 4) is 11.1 Å². The standard InChI is InChI=1S/C16H16Cl3N/c1-10(2)20-9-11-3-5-12(6-4-11)16-14(18)7-13(17)8-15(16)19/h3-8,10,20H,9H2,1-2H3. The molecule has 0 heterocycles. The molecule has 2 aromatic carbocycles. The number of halogens is 3. The molecule has 2 aromatic rings. The van der Waals surface area contributed by atoms with Crippen LogP contribution in [0.3, 0.4) is 0 Å². The van der Waals surface area contributed by atoms with Crippen molar-refractivity contribution >= 4 is 34.8 Å². The van der Waals surface area contributed by atoms with Crippen molar-refractivity contribution in [2.24, 2.45) is 0 Å². The topological polar surface area (TPSA) is 12.0 Å². The first kappa shape index (κ1) is 15.7. The minimum atomic E-state index is 0.467. The molecule has 0 atom stereocenters. The van der Waals surface area contributed by atoms with Gasteiger partial charge in [0.05, 0.1) is 10.0 Å². The number of hydrogen-bond donors (Lipinski definition) is 1. The molecule has 0 unspecified atom stereocenters. The fourth-order valence-corrected chi connectivity index (χ4v) is 2.96. The van der Waals surface area contributed by atoms with E-state index in [1.54, 1.807) is 12.1 Å². The van der Waals surface area contributed by atoms with Crippen LogP contribution in [0.1, 0.15) is 19.4 Å². The molecule has 106 valence electrons. The molecular weight excluding hydrogens is 313 g/mol. The lowest BCUT2D eigenvalue weighted by molar-refractivity contribution is 0.589. The third-order valence-corrected chi connectivity index (χ3v) is 3.78. The summed E-state index contributed by atoms with van der Waals surface area (Å²) in [7, 11) is 0. The van der Waals surface area contributed by atoms with Crippen LogP contribution in [0, 0.1) is 0 Å². The van der Waals surface area contributed by atoms with Crippen molar-refractivity contribution in [1.82, 2.24) is 5.32 Å². The van der Waals surface area contributed by atoms with E-state index in [1.165, 1.54) is 5.56 Å². The van der Waals surface area contributed by atoms with Crippen LogP contribution < -0.4 is 5.32 Å². The monoisotopic (exact) mass is 327 g/mol. The minimum absolute atomic E-state index is 0.467. The number of benzene rings is 2. The average Bonchev–Trinajstić information content (AvgIpc) is 2.36. The van der Waals surface area contributed by atoms with Crippen LogP contribution in [0.4, 0.5) is 0 Å². The van der Waals surface area contributed by atoms with Crippen LogP contribution in [0.15, 0.2) is 36.4 Å². The maximum atomic E-state index is 6.23. The highest BCUT2D eigenvalue weighted by atomic mass is 35.5. The molecule has 0 bridgehead atoms. The molecule has 0 aliphatic heterocycles. The normalized spacial score (nSPS) is 11.1.